The first-order valence-electron chi connectivity index (χ1n) is 13.4. The van der Waals surface area contributed by atoms with Crippen LogP contribution in [0.1, 0.15) is 93.9 Å². The van der Waals surface area contributed by atoms with E-state index in [9.17, 15) is 9.59 Å². The summed E-state index contributed by atoms with van der Waals surface area (Å²) in [7, 11) is 1.68. The standard InChI is InChI=1S/C22H23N3O2S.C5H12.2C2H6/c1-13-16(15-10-17(23)22(27)25(2)12-15)7-5-8-18(13)24-21(26)20-11-14-6-3-4-9-19(14)28-20;1-5(2,3)4;2*1-2/h5,7-8,10-12H,3-4,6,9,23H2,1-2H3,(H,24,26);1-4H3;2*1-2H3. The zero-order valence-corrected chi connectivity index (χ0v) is 25.4. The van der Waals surface area contributed by atoms with Crippen LogP contribution >= 0.6 is 11.3 Å². The monoisotopic (exact) mass is 525 g/mol. The second kappa shape index (κ2) is 14.8. The lowest BCUT2D eigenvalue weighted by molar-refractivity contribution is 0.103. The molecule has 1 aliphatic carbocycles. The molecule has 3 N–H and O–H groups in total. The van der Waals surface area contributed by atoms with Crippen molar-refractivity contribution in [3.63, 3.8) is 0 Å². The molecule has 1 aromatic carbocycles. The number of nitrogens with two attached hydrogens (primary N) is 1. The molecule has 1 amide bonds. The fourth-order valence-corrected chi connectivity index (χ4v) is 4.90. The third kappa shape index (κ3) is 9.51. The van der Waals surface area contributed by atoms with E-state index in [-0.39, 0.29) is 17.2 Å². The van der Waals surface area contributed by atoms with Gasteiger partial charge in [0.15, 0.2) is 0 Å². The molecular weight excluding hydrogens is 478 g/mol. The highest BCUT2D eigenvalue weighted by Crippen LogP contribution is 2.32. The van der Waals surface area contributed by atoms with Crippen LogP contribution in [0.2, 0.25) is 0 Å². The van der Waals surface area contributed by atoms with Crippen molar-refractivity contribution < 1.29 is 4.79 Å². The van der Waals surface area contributed by atoms with Gasteiger partial charge in [0.1, 0.15) is 0 Å². The Bertz CT molecular complexity index is 1160. The topological polar surface area (TPSA) is 77.1 Å². The molecule has 0 saturated carbocycles. The summed E-state index contributed by atoms with van der Waals surface area (Å²) in [5.74, 6) is -0.0698. The van der Waals surface area contributed by atoms with Crippen LogP contribution in [0.15, 0.2) is 41.3 Å². The van der Waals surface area contributed by atoms with Gasteiger partial charge in [-0.2, -0.15) is 0 Å². The molecule has 37 heavy (non-hydrogen) atoms. The van der Waals surface area contributed by atoms with Crippen molar-refractivity contribution in [2.24, 2.45) is 12.5 Å². The fraction of sp³-hybridized carbons (Fsp3) is 0.484. The Kier molecular flexibility index (Phi) is 12.8. The van der Waals surface area contributed by atoms with Gasteiger partial charge in [-0.3, -0.25) is 9.59 Å². The van der Waals surface area contributed by atoms with Crippen molar-refractivity contribution in [2.45, 2.75) is 88.0 Å². The van der Waals surface area contributed by atoms with Crippen molar-refractivity contribution in [1.29, 1.82) is 0 Å². The first kappa shape index (κ1) is 32.2. The number of nitrogen functional groups attached to an aromatic ring is 1. The minimum absolute atomic E-state index is 0.0698. The molecule has 0 bridgehead atoms. The molecule has 2 aromatic heterocycles. The molecule has 5 nitrogen and oxygen atoms in total. The average Bonchev–Trinajstić information content (AvgIpc) is 3.30. The molecule has 0 radical (unpaired) electrons. The molecule has 4 rings (SSSR count). The van der Waals surface area contributed by atoms with Gasteiger partial charge < -0.3 is 15.6 Å². The van der Waals surface area contributed by atoms with Crippen molar-refractivity contribution in [3.8, 4) is 11.1 Å². The first-order valence-corrected chi connectivity index (χ1v) is 14.2. The van der Waals surface area contributed by atoms with E-state index in [1.807, 2.05) is 58.9 Å². The Balaban J connectivity index is 0.000000671. The van der Waals surface area contributed by atoms with Gasteiger partial charge in [-0.15, -0.1) is 11.3 Å². The Hall–Kier alpha value is -2.86. The second-order valence-corrected chi connectivity index (χ2v) is 11.4. The molecule has 2 heterocycles. The number of thiophene rings is 1. The van der Waals surface area contributed by atoms with Gasteiger partial charge in [0.05, 0.1) is 10.6 Å². The van der Waals surface area contributed by atoms with E-state index in [2.05, 4.69) is 33.0 Å². The summed E-state index contributed by atoms with van der Waals surface area (Å²) >= 11 is 1.61. The number of pyridine rings is 1. The van der Waals surface area contributed by atoms with Crippen molar-refractivity contribution in [3.05, 3.63) is 67.8 Å². The number of anilines is 2. The zero-order chi connectivity index (χ0) is 28.3. The smallest absolute Gasteiger partial charge is 0.273 e. The van der Waals surface area contributed by atoms with E-state index >= 15 is 0 Å². The number of amides is 1. The summed E-state index contributed by atoms with van der Waals surface area (Å²) in [5, 5.41) is 3.06. The summed E-state index contributed by atoms with van der Waals surface area (Å²) in [6.45, 7) is 18.7. The Labute approximate surface area is 228 Å². The zero-order valence-electron chi connectivity index (χ0n) is 24.5. The lowest BCUT2D eigenvalue weighted by Gasteiger charge is -2.13. The number of nitrogens with zero attached hydrogens (tertiary/aromatic N) is 1. The summed E-state index contributed by atoms with van der Waals surface area (Å²) < 4.78 is 1.48. The molecule has 0 atom stereocenters. The van der Waals surface area contributed by atoms with Crippen molar-refractivity contribution in [1.82, 2.24) is 4.57 Å². The lowest BCUT2D eigenvalue weighted by Crippen LogP contribution is -2.19. The fourth-order valence-electron chi connectivity index (χ4n) is 3.75. The largest absolute Gasteiger partial charge is 0.394 e. The Morgan fingerprint density at radius 2 is 1.62 bits per heavy atom. The van der Waals surface area contributed by atoms with Crippen LogP contribution in [0.4, 0.5) is 11.4 Å². The molecule has 6 heteroatoms. The van der Waals surface area contributed by atoms with Crippen LogP contribution in [0.25, 0.3) is 11.1 Å². The first-order chi connectivity index (χ1) is 17.4. The van der Waals surface area contributed by atoms with Gasteiger partial charge in [-0.05, 0) is 72.9 Å². The minimum Gasteiger partial charge on any atom is -0.394 e. The van der Waals surface area contributed by atoms with Crippen molar-refractivity contribution >= 4 is 28.6 Å². The number of aryl methyl sites for hydroxylation is 3. The molecule has 0 aliphatic heterocycles. The molecule has 0 fully saturated rings. The molecule has 204 valence electrons. The van der Waals surface area contributed by atoms with Gasteiger partial charge >= 0.3 is 0 Å². The van der Waals surface area contributed by atoms with E-state index in [0.717, 1.165) is 40.1 Å². The van der Waals surface area contributed by atoms with E-state index in [4.69, 9.17) is 5.73 Å². The van der Waals surface area contributed by atoms with Crippen LogP contribution in [0.5, 0.6) is 0 Å². The van der Waals surface area contributed by atoms with Gasteiger partial charge in [0.25, 0.3) is 11.5 Å². The molecular formula is C31H47N3O2S. The SMILES string of the molecule is CC.CC.CC(C)(C)C.Cc1c(NC(=O)c2cc3c(s2)CCCC3)cccc1-c1cc(N)c(=O)n(C)c1. The van der Waals surface area contributed by atoms with E-state index in [0.29, 0.717) is 5.41 Å². The Morgan fingerprint density at radius 3 is 2.19 bits per heavy atom. The van der Waals surface area contributed by atoms with E-state index < -0.39 is 0 Å². The maximum absolute atomic E-state index is 12.8. The Morgan fingerprint density at radius 1 is 1.03 bits per heavy atom. The highest BCUT2D eigenvalue weighted by molar-refractivity contribution is 7.14. The molecule has 0 unspecified atom stereocenters. The van der Waals surface area contributed by atoms with Crippen LogP contribution in [0, 0.1) is 12.3 Å². The van der Waals surface area contributed by atoms with Crippen LogP contribution in [0.3, 0.4) is 0 Å². The highest BCUT2D eigenvalue weighted by Gasteiger charge is 2.18. The third-order valence-electron chi connectivity index (χ3n) is 5.32. The lowest BCUT2D eigenvalue weighted by atomic mass is 9.99. The average molecular weight is 526 g/mol. The number of rotatable bonds is 3. The number of carbonyl (C=O) groups is 1. The predicted molar refractivity (Wildman–Crippen MR) is 163 cm³/mol. The summed E-state index contributed by atoms with van der Waals surface area (Å²) in [6, 6.07) is 9.49. The molecule has 0 spiro atoms. The van der Waals surface area contributed by atoms with Gasteiger partial charge in [-0.1, -0.05) is 67.5 Å². The number of benzene rings is 1. The van der Waals surface area contributed by atoms with E-state index in [1.54, 1.807) is 30.6 Å². The quantitative estimate of drug-likeness (QED) is 0.361. The number of fused-ring (bicyclic) bond motifs is 1. The van der Waals surface area contributed by atoms with Gasteiger partial charge in [0, 0.05) is 29.4 Å². The number of nitrogens with one attached hydrogen (secondary N) is 1. The normalized spacial score (nSPS) is 11.9. The van der Waals surface area contributed by atoms with Gasteiger partial charge in [-0.25, -0.2) is 0 Å². The van der Waals surface area contributed by atoms with Crippen molar-refractivity contribution in [2.75, 3.05) is 11.1 Å². The number of hydrogen-bond acceptors (Lipinski definition) is 4. The predicted octanol–water partition coefficient (Wildman–Crippen LogP) is 8.24. The summed E-state index contributed by atoms with van der Waals surface area (Å²) in [6.07, 6.45) is 6.32. The molecule has 3 aromatic rings. The van der Waals surface area contributed by atoms with Crippen LogP contribution in [-0.4, -0.2) is 10.5 Å². The number of carbonyl (C=O) groups excluding carboxylic acids is 1. The third-order valence-corrected chi connectivity index (χ3v) is 6.56. The second-order valence-electron chi connectivity index (χ2n) is 10.3. The molecule has 0 saturated heterocycles. The summed E-state index contributed by atoms with van der Waals surface area (Å²) in [5.41, 5.74) is 11.2. The highest BCUT2D eigenvalue weighted by atomic mass is 32.1. The minimum atomic E-state index is -0.215. The van der Waals surface area contributed by atoms with E-state index in [1.165, 1.54) is 27.8 Å². The number of hydrogen-bond donors (Lipinski definition) is 2. The number of aromatic nitrogens is 1. The van der Waals surface area contributed by atoms with Crippen LogP contribution in [-0.2, 0) is 19.9 Å². The van der Waals surface area contributed by atoms with Gasteiger partial charge in [0.2, 0.25) is 0 Å². The maximum Gasteiger partial charge on any atom is 0.273 e. The molecule has 1 aliphatic rings. The van der Waals surface area contributed by atoms with Crippen LogP contribution < -0.4 is 16.6 Å². The summed E-state index contributed by atoms with van der Waals surface area (Å²) in [4.78, 5) is 26.8. The maximum atomic E-state index is 12.8.